The van der Waals surface area contributed by atoms with Crippen molar-refractivity contribution in [3.63, 3.8) is 0 Å². The highest BCUT2D eigenvalue weighted by Gasteiger charge is 2.22. The summed E-state index contributed by atoms with van der Waals surface area (Å²) in [7, 11) is 6.39. The van der Waals surface area contributed by atoms with E-state index < -0.39 is 0 Å². The van der Waals surface area contributed by atoms with Crippen LogP contribution in [0.3, 0.4) is 0 Å². The van der Waals surface area contributed by atoms with Crippen LogP contribution < -0.4 is 19.6 Å². The third-order valence-electron chi connectivity index (χ3n) is 11.0. The van der Waals surface area contributed by atoms with Crippen molar-refractivity contribution >= 4 is 51.5 Å². The highest BCUT2D eigenvalue weighted by Crippen LogP contribution is 2.38. The molecule has 1 aliphatic carbocycles. The molecule has 0 fully saturated rings. The first-order chi connectivity index (χ1) is 29.3. The van der Waals surface area contributed by atoms with Gasteiger partial charge in [-0.2, -0.15) is 0 Å². The van der Waals surface area contributed by atoms with Gasteiger partial charge in [0.15, 0.2) is 0 Å². The predicted octanol–water partition coefficient (Wildman–Crippen LogP) is 14.6. The van der Waals surface area contributed by atoms with Crippen molar-refractivity contribution in [1.82, 2.24) is 4.90 Å². The van der Waals surface area contributed by atoms with E-state index in [2.05, 4.69) is 243 Å². The van der Waals surface area contributed by atoms with Gasteiger partial charge in [0.2, 0.25) is 0 Å². The first-order valence-corrected chi connectivity index (χ1v) is 20.8. The molecule has 1 aliphatic rings. The molecule has 1 unspecified atom stereocenters. The van der Waals surface area contributed by atoms with Crippen LogP contribution in [0.1, 0.15) is 44.7 Å². The van der Waals surface area contributed by atoms with Gasteiger partial charge in [0.25, 0.3) is 0 Å². The molecular weight excluding hydrogens is 731 g/mol. The van der Waals surface area contributed by atoms with E-state index in [9.17, 15) is 0 Å². The van der Waals surface area contributed by atoms with Gasteiger partial charge in [-0.05, 0) is 142 Å². The smallest absolute Gasteiger partial charge is 0.124 e. The number of nitrogens with zero attached hydrogens (tertiary/aromatic N) is 5. The summed E-state index contributed by atoms with van der Waals surface area (Å²) >= 11 is 0. The van der Waals surface area contributed by atoms with Crippen molar-refractivity contribution in [2.45, 2.75) is 39.8 Å². The van der Waals surface area contributed by atoms with Gasteiger partial charge < -0.3 is 24.5 Å². The number of allylic oxidation sites excluding steroid dienone is 9. The van der Waals surface area contributed by atoms with Crippen LogP contribution in [0.25, 0.3) is 11.6 Å². The third kappa shape index (κ3) is 9.82. The largest absolute Gasteiger partial charge is 0.351 e. The zero-order valence-electron chi connectivity index (χ0n) is 36.1. The lowest BCUT2D eigenvalue weighted by atomic mass is 10.0. The third-order valence-corrected chi connectivity index (χ3v) is 11.0. The average molecular weight is 790 g/mol. The van der Waals surface area contributed by atoms with E-state index in [1.807, 2.05) is 30.5 Å². The molecule has 0 radical (unpaired) electrons. The van der Waals surface area contributed by atoms with Crippen molar-refractivity contribution in [2.75, 3.05) is 40.7 Å². The maximum absolute atomic E-state index is 4.22. The summed E-state index contributed by atoms with van der Waals surface area (Å²) in [6.07, 6.45) is 25.2. The van der Waals surface area contributed by atoms with E-state index in [1.54, 1.807) is 0 Å². The Bertz CT molecular complexity index is 2400. The second-order valence-electron chi connectivity index (χ2n) is 14.8. The van der Waals surface area contributed by atoms with Crippen LogP contribution in [0.2, 0.25) is 0 Å². The molecule has 304 valence electrons. The van der Waals surface area contributed by atoms with Crippen LogP contribution in [-0.4, -0.2) is 32.2 Å². The van der Waals surface area contributed by atoms with Crippen LogP contribution in [0.15, 0.2) is 213 Å². The monoisotopic (exact) mass is 789 g/mol. The molecule has 1 atom stereocenters. The molecule has 5 aromatic carbocycles. The van der Waals surface area contributed by atoms with Crippen LogP contribution in [0, 0.1) is 0 Å². The zero-order chi connectivity index (χ0) is 42.4. The van der Waals surface area contributed by atoms with E-state index >= 15 is 0 Å². The van der Waals surface area contributed by atoms with Crippen LogP contribution in [0.5, 0.6) is 0 Å². The van der Waals surface area contributed by atoms with Gasteiger partial charge in [-0.3, -0.25) is 0 Å². The fourth-order valence-electron chi connectivity index (χ4n) is 7.69. The van der Waals surface area contributed by atoms with Gasteiger partial charge >= 0.3 is 0 Å². The van der Waals surface area contributed by atoms with Gasteiger partial charge in [0.1, 0.15) is 6.17 Å². The Hall–Kier alpha value is -6.98. The minimum Gasteiger partial charge on any atom is -0.351 e. The van der Waals surface area contributed by atoms with Crippen molar-refractivity contribution in [3.8, 4) is 0 Å². The number of benzene rings is 5. The Morgan fingerprint density at radius 2 is 1.17 bits per heavy atom. The van der Waals surface area contributed by atoms with Crippen molar-refractivity contribution in [2.24, 2.45) is 0 Å². The van der Waals surface area contributed by atoms with Crippen molar-refractivity contribution in [1.29, 1.82) is 0 Å². The minimum absolute atomic E-state index is 0.136. The number of hydrogen-bond acceptors (Lipinski definition) is 5. The van der Waals surface area contributed by atoms with Crippen molar-refractivity contribution < 1.29 is 0 Å². The standard InChI is InChI=1S/C55H59N5/c1-9-13-15-24-43(5)52-30-19-21-32-54(52)57(7)47-36-41-51(42-37-47)60(50-39-34-46(35-40-50)56(6)53-31-20-18-25-44(53)23-10-2)49-29-22-28-45(33-38-49)58(8)55(11-3)59(12-4)48-26-16-14-17-27-48/h9-14,16-21,23-42,55H,3-4,15,22H2,1-2,5-8H3/b13-9-,23-10+,43-24+. The summed E-state index contributed by atoms with van der Waals surface area (Å²) < 4.78 is 0. The van der Waals surface area contributed by atoms with E-state index in [0.717, 1.165) is 58.4 Å². The number of para-hydroxylation sites is 3. The van der Waals surface area contributed by atoms with E-state index in [0.29, 0.717) is 0 Å². The fraction of sp³-hybridized carbons (Fsp3) is 0.164. The van der Waals surface area contributed by atoms with Crippen LogP contribution in [0.4, 0.5) is 39.8 Å². The zero-order valence-corrected chi connectivity index (χ0v) is 36.1. The van der Waals surface area contributed by atoms with Gasteiger partial charge in [0, 0.05) is 77.9 Å². The molecule has 60 heavy (non-hydrogen) atoms. The van der Waals surface area contributed by atoms with Crippen molar-refractivity contribution in [3.05, 3.63) is 224 Å². The number of anilines is 7. The number of rotatable bonds is 17. The summed E-state index contributed by atoms with van der Waals surface area (Å²) in [6, 6.07) is 45.2. The maximum Gasteiger partial charge on any atom is 0.124 e. The van der Waals surface area contributed by atoms with Gasteiger partial charge in [0.05, 0.1) is 0 Å². The van der Waals surface area contributed by atoms with Gasteiger partial charge in [-0.25, -0.2) is 0 Å². The molecule has 0 bridgehead atoms. The van der Waals surface area contributed by atoms with E-state index in [4.69, 9.17) is 0 Å². The first kappa shape index (κ1) is 42.6. The predicted molar refractivity (Wildman–Crippen MR) is 263 cm³/mol. The molecule has 0 N–H and O–H groups in total. The van der Waals surface area contributed by atoms with Crippen LogP contribution >= 0.6 is 0 Å². The number of hydrogen-bond donors (Lipinski definition) is 0. The lowest BCUT2D eigenvalue weighted by molar-refractivity contribution is 0.365. The second kappa shape index (κ2) is 20.6. The summed E-state index contributed by atoms with van der Waals surface area (Å²) in [5, 5.41) is 0. The molecule has 0 heterocycles. The summed E-state index contributed by atoms with van der Waals surface area (Å²) in [5.74, 6) is 0. The average Bonchev–Trinajstić information content (AvgIpc) is 3.55. The summed E-state index contributed by atoms with van der Waals surface area (Å²) in [4.78, 5) is 11.3. The fourth-order valence-corrected chi connectivity index (χ4v) is 7.69. The lowest BCUT2D eigenvalue weighted by Gasteiger charge is -2.37. The quantitative estimate of drug-likeness (QED) is 0.0687. The first-order valence-electron chi connectivity index (χ1n) is 20.8. The topological polar surface area (TPSA) is 16.2 Å². The summed E-state index contributed by atoms with van der Waals surface area (Å²) in [5.41, 5.74) is 13.6. The number of likely N-dealkylation sites (N-methyl/N-ethyl adjacent to an activating group) is 1. The molecule has 0 amide bonds. The molecule has 0 aliphatic heterocycles. The minimum atomic E-state index is -0.136. The Labute approximate surface area is 359 Å². The Balaban J connectivity index is 1.34. The Kier molecular flexibility index (Phi) is 14.7. The van der Waals surface area contributed by atoms with E-state index in [-0.39, 0.29) is 6.17 Å². The SMILES string of the molecule is C=CC(N(C)C1=CCC=C(N(c2ccc(N(C)c3ccccc3/C=C/C)cc2)c2ccc(N(C)c3ccccc3/C(C)=C/C/C=C\C)cc2)C=C1)N(C=C)c1ccccc1. The van der Waals surface area contributed by atoms with Gasteiger partial charge in [-0.15, -0.1) is 0 Å². The normalized spacial score (nSPS) is 13.3. The molecule has 5 aromatic rings. The Morgan fingerprint density at radius 3 is 1.78 bits per heavy atom. The van der Waals surface area contributed by atoms with Crippen LogP contribution in [-0.2, 0) is 0 Å². The molecule has 6 rings (SSSR count). The second-order valence-corrected chi connectivity index (χ2v) is 14.8. The molecular formula is C55H59N5. The molecule has 5 heteroatoms. The lowest BCUT2D eigenvalue weighted by Crippen LogP contribution is -2.42. The maximum atomic E-state index is 4.22. The molecule has 0 spiro atoms. The highest BCUT2D eigenvalue weighted by atomic mass is 15.3. The molecule has 0 aromatic heterocycles. The molecule has 0 saturated carbocycles. The van der Waals surface area contributed by atoms with Gasteiger partial charge in [-0.1, -0.05) is 110 Å². The Morgan fingerprint density at radius 1 is 0.617 bits per heavy atom. The van der Waals surface area contributed by atoms with E-state index in [1.165, 1.54) is 22.4 Å². The molecule has 0 saturated heterocycles. The summed E-state index contributed by atoms with van der Waals surface area (Å²) in [6.45, 7) is 14.7. The highest BCUT2D eigenvalue weighted by molar-refractivity contribution is 5.81. The molecule has 5 nitrogen and oxygen atoms in total.